The summed E-state index contributed by atoms with van der Waals surface area (Å²) in [6.07, 6.45) is 3.87. The van der Waals surface area contributed by atoms with Gasteiger partial charge in [-0.3, -0.25) is 4.79 Å². The van der Waals surface area contributed by atoms with Gasteiger partial charge in [0.1, 0.15) is 5.82 Å². The van der Waals surface area contributed by atoms with Gasteiger partial charge >= 0.3 is 0 Å². The molecule has 132 valence electrons. The van der Waals surface area contributed by atoms with Crippen molar-refractivity contribution in [2.24, 2.45) is 5.92 Å². The molecule has 2 heterocycles. The quantitative estimate of drug-likeness (QED) is 0.853. The molecule has 0 bridgehead atoms. The minimum Gasteiger partial charge on any atom is -0.370 e. The molecule has 1 saturated heterocycles. The Kier molecular flexibility index (Phi) is 4.92. The van der Waals surface area contributed by atoms with Gasteiger partial charge in [-0.2, -0.15) is 0 Å². The second-order valence-electron chi connectivity index (χ2n) is 6.25. The zero-order valence-corrected chi connectivity index (χ0v) is 13.7. The van der Waals surface area contributed by atoms with Gasteiger partial charge in [0.25, 0.3) is 5.91 Å². The van der Waals surface area contributed by atoms with Crippen molar-refractivity contribution in [3.8, 4) is 0 Å². The molecule has 3 rings (SSSR count). The van der Waals surface area contributed by atoms with Gasteiger partial charge in [-0.15, -0.1) is 0 Å². The van der Waals surface area contributed by atoms with E-state index in [2.05, 4.69) is 22.1 Å². The molecular formula is C18H18F3N3O. The number of halogens is 3. The number of hydrogen-bond acceptors (Lipinski definition) is 3. The largest absolute Gasteiger partial charge is 0.370 e. The number of anilines is 2. The Morgan fingerprint density at radius 3 is 2.48 bits per heavy atom. The molecule has 1 fully saturated rings. The van der Waals surface area contributed by atoms with E-state index in [9.17, 15) is 18.0 Å². The predicted molar refractivity (Wildman–Crippen MR) is 89.1 cm³/mol. The van der Waals surface area contributed by atoms with Crippen LogP contribution in [0, 0.1) is 23.4 Å². The number of nitrogens with zero attached hydrogens (tertiary/aromatic N) is 2. The SMILES string of the molecule is CC1CCN(c2ccc(NC(=O)c3ccc(F)c(F)c3F)nc2)CC1. The molecule has 0 atom stereocenters. The number of nitrogens with one attached hydrogen (secondary N) is 1. The van der Waals surface area contributed by atoms with Gasteiger partial charge in [0.15, 0.2) is 17.5 Å². The first kappa shape index (κ1) is 17.3. The lowest BCUT2D eigenvalue weighted by Crippen LogP contribution is -2.32. The van der Waals surface area contributed by atoms with Crippen LogP contribution in [0.15, 0.2) is 30.5 Å². The molecule has 1 aliphatic rings. The first-order valence-electron chi connectivity index (χ1n) is 8.11. The van der Waals surface area contributed by atoms with Crippen molar-refractivity contribution >= 4 is 17.4 Å². The molecule has 1 amide bonds. The fraction of sp³-hybridized carbons (Fsp3) is 0.333. The first-order chi connectivity index (χ1) is 12.0. The van der Waals surface area contributed by atoms with Crippen LogP contribution in [0.4, 0.5) is 24.7 Å². The zero-order chi connectivity index (χ0) is 18.0. The van der Waals surface area contributed by atoms with E-state index in [4.69, 9.17) is 0 Å². The standard InChI is InChI=1S/C18H18F3N3O/c1-11-6-8-24(9-7-11)12-2-5-15(22-10-12)23-18(25)13-3-4-14(19)17(21)16(13)20/h2-5,10-11H,6-9H2,1H3,(H,22,23,25). The Morgan fingerprint density at radius 2 is 1.84 bits per heavy atom. The monoisotopic (exact) mass is 349 g/mol. The van der Waals surface area contributed by atoms with E-state index in [0.29, 0.717) is 12.0 Å². The number of hydrogen-bond donors (Lipinski definition) is 1. The molecule has 1 aromatic heterocycles. The smallest absolute Gasteiger partial charge is 0.259 e. The molecule has 4 nitrogen and oxygen atoms in total. The number of rotatable bonds is 3. The summed E-state index contributed by atoms with van der Waals surface area (Å²) in [4.78, 5) is 18.4. The minimum atomic E-state index is -1.67. The Hall–Kier alpha value is -2.57. The summed E-state index contributed by atoms with van der Waals surface area (Å²) in [5, 5.41) is 2.39. The van der Waals surface area contributed by atoms with Gasteiger partial charge in [0.2, 0.25) is 0 Å². The molecule has 0 radical (unpaired) electrons. The average molecular weight is 349 g/mol. The van der Waals surface area contributed by atoms with Crippen LogP contribution in [0.2, 0.25) is 0 Å². The van der Waals surface area contributed by atoms with Crippen LogP contribution >= 0.6 is 0 Å². The van der Waals surface area contributed by atoms with Crippen LogP contribution in [0.25, 0.3) is 0 Å². The molecule has 0 spiro atoms. The fourth-order valence-electron chi connectivity index (χ4n) is 2.80. The van der Waals surface area contributed by atoms with Gasteiger partial charge in [-0.25, -0.2) is 18.2 Å². The molecule has 0 unspecified atom stereocenters. The highest BCUT2D eigenvalue weighted by molar-refractivity contribution is 6.04. The molecule has 1 aliphatic heterocycles. The Morgan fingerprint density at radius 1 is 1.12 bits per heavy atom. The number of benzene rings is 1. The molecule has 1 aromatic carbocycles. The lowest BCUT2D eigenvalue weighted by molar-refractivity contribution is 0.102. The number of carbonyl (C=O) groups excluding carboxylic acids is 1. The van der Waals surface area contributed by atoms with Crippen LogP contribution < -0.4 is 10.2 Å². The van der Waals surface area contributed by atoms with E-state index in [1.165, 1.54) is 0 Å². The summed E-state index contributed by atoms with van der Waals surface area (Å²) < 4.78 is 39.8. The van der Waals surface area contributed by atoms with Crippen molar-refractivity contribution in [1.29, 1.82) is 0 Å². The van der Waals surface area contributed by atoms with Crippen molar-refractivity contribution in [2.45, 2.75) is 19.8 Å². The molecule has 7 heteroatoms. The van der Waals surface area contributed by atoms with Crippen molar-refractivity contribution in [2.75, 3.05) is 23.3 Å². The third kappa shape index (κ3) is 3.75. The second kappa shape index (κ2) is 7.13. The van der Waals surface area contributed by atoms with Gasteiger partial charge in [-0.1, -0.05) is 6.92 Å². The van der Waals surface area contributed by atoms with Crippen LogP contribution in [-0.4, -0.2) is 24.0 Å². The Balaban J connectivity index is 1.69. The highest BCUT2D eigenvalue weighted by atomic mass is 19.2. The van der Waals surface area contributed by atoms with E-state index >= 15 is 0 Å². The van der Waals surface area contributed by atoms with Crippen molar-refractivity contribution in [3.05, 3.63) is 53.5 Å². The van der Waals surface area contributed by atoms with Crippen molar-refractivity contribution in [1.82, 2.24) is 4.98 Å². The van der Waals surface area contributed by atoms with E-state index in [1.807, 2.05) is 6.07 Å². The lowest BCUT2D eigenvalue weighted by Gasteiger charge is -2.31. The van der Waals surface area contributed by atoms with Gasteiger partial charge < -0.3 is 10.2 Å². The Labute approximate surface area is 143 Å². The summed E-state index contributed by atoms with van der Waals surface area (Å²) in [5.41, 5.74) is 0.374. The van der Waals surface area contributed by atoms with E-state index in [0.717, 1.165) is 37.7 Å². The summed E-state index contributed by atoms with van der Waals surface area (Å²) in [7, 11) is 0. The topological polar surface area (TPSA) is 45.2 Å². The molecule has 0 saturated carbocycles. The maximum atomic E-state index is 13.7. The highest BCUT2D eigenvalue weighted by Gasteiger charge is 2.20. The van der Waals surface area contributed by atoms with Crippen LogP contribution in [0.5, 0.6) is 0 Å². The third-order valence-corrected chi connectivity index (χ3v) is 4.42. The van der Waals surface area contributed by atoms with Crippen LogP contribution in [0.3, 0.4) is 0 Å². The predicted octanol–water partition coefficient (Wildman–Crippen LogP) is 3.99. The average Bonchev–Trinajstić information content (AvgIpc) is 2.61. The Bertz CT molecular complexity index is 772. The number of piperidine rings is 1. The molecule has 25 heavy (non-hydrogen) atoms. The number of amides is 1. The maximum Gasteiger partial charge on any atom is 0.259 e. The van der Waals surface area contributed by atoms with Crippen molar-refractivity contribution < 1.29 is 18.0 Å². The number of pyridine rings is 1. The van der Waals surface area contributed by atoms with Gasteiger partial charge in [0.05, 0.1) is 17.4 Å². The third-order valence-electron chi connectivity index (χ3n) is 4.42. The number of aromatic nitrogens is 1. The molecule has 0 aliphatic carbocycles. The fourth-order valence-corrected chi connectivity index (χ4v) is 2.80. The summed E-state index contributed by atoms with van der Waals surface area (Å²) in [6, 6.07) is 5.02. The number of carbonyl (C=O) groups is 1. The van der Waals surface area contributed by atoms with Crippen molar-refractivity contribution in [3.63, 3.8) is 0 Å². The normalized spacial score (nSPS) is 15.3. The summed E-state index contributed by atoms with van der Waals surface area (Å²) in [6.45, 7) is 4.13. The molecular weight excluding hydrogens is 331 g/mol. The lowest BCUT2D eigenvalue weighted by atomic mass is 9.99. The first-order valence-corrected chi connectivity index (χ1v) is 8.11. The molecule has 2 aromatic rings. The summed E-state index contributed by atoms with van der Waals surface area (Å²) >= 11 is 0. The molecule has 1 N–H and O–H groups in total. The van der Waals surface area contributed by atoms with Crippen LogP contribution in [-0.2, 0) is 0 Å². The highest BCUT2D eigenvalue weighted by Crippen LogP contribution is 2.23. The van der Waals surface area contributed by atoms with E-state index in [-0.39, 0.29) is 5.82 Å². The van der Waals surface area contributed by atoms with E-state index in [1.54, 1.807) is 12.3 Å². The van der Waals surface area contributed by atoms with Crippen LogP contribution in [0.1, 0.15) is 30.1 Å². The van der Waals surface area contributed by atoms with Gasteiger partial charge in [-0.05, 0) is 43.0 Å². The summed E-state index contributed by atoms with van der Waals surface area (Å²) in [5.74, 6) is -4.49. The van der Waals surface area contributed by atoms with E-state index < -0.39 is 28.9 Å². The minimum absolute atomic E-state index is 0.211. The second-order valence-corrected chi connectivity index (χ2v) is 6.25. The maximum absolute atomic E-state index is 13.7. The zero-order valence-electron chi connectivity index (χ0n) is 13.7. The van der Waals surface area contributed by atoms with Gasteiger partial charge in [0, 0.05) is 13.1 Å².